The van der Waals surface area contributed by atoms with E-state index in [0.717, 1.165) is 10.6 Å². The van der Waals surface area contributed by atoms with Gasteiger partial charge in [0.05, 0.1) is 11.3 Å². The Morgan fingerprint density at radius 1 is 1.31 bits per heavy atom. The number of anilines is 1. The maximum Gasteiger partial charge on any atom is 0.256 e. The number of nitrogens with one attached hydrogen (secondary N) is 1. The molecule has 1 N–H and O–H groups in total. The molecule has 1 aromatic heterocycles. The van der Waals surface area contributed by atoms with Crippen molar-refractivity contribution in [1.82, 2.24) is 0 Å². The smallest absolute Gasteiger partial charge is 0.256 e. The molecule has 1 amide bonds. The summed E-state index contributed by atoms with van der Waals surface area (Å²) >= 11 is 3.14. The van der Waals surface area contributed by atoms with Gasteiger partial charge in [-0.2, -0.15) is 11.3 Å². The van der Waals surface area contributed by atoms with Gasteiger partial charge in [-0.25, -0.2) is 0 Å². The maximum atomic E-state index is 11.8. The number of para-hydroxylation sites is 1. The zero-order valence-electron chi connectivity index (χ0n) is 8.77. The van der Waals surface area contributed by atoms with Crippen molar-refractivity contribution in [1.29, 1.82) is 0 Å². The van der Waals surface area contributed by atoms with Gasteiger partial charge in [0.25, 0.3) is 5.91 Å². The monoisotopic (exact) mass is 249 g/mol. The number of rotatable bonds is 3. The van der Waals surface area contributed by atoms with Crippen molar-refractivity contribution < 1.29 is 4.79 Å². The van der Waals surface area contributed by atoms with Crippen LogP contribution in [0.3, 0.4) is 0 Å². The van der Waals surface area contributed by atoms with Gasteiger partial charge in [0.2, 0.25) is 0 Å². The van der Waals surface area contributed by atoms with E-state index in [4.69, 9.17) is 0 Å². The van der Waals surface area contributed by atoms with Crippen molar-refractivity contribution in [2.24, 2.45) is 0 Å². The van der Waals surface area contributed by atoms with Crippen molar-refractivity contribution in [2.75, 3.05) is 11.6 Å². The van der Waals surface area contributed by atoms with E-state index in [2.05, 4.69) is 5.32 Å². The number of carbonyl (C=O) groups excluding carboxylic acids is 1. The number of carbonyl (C=O) groups is 1. The standard InChI is InChI=1S/C12H11NOS2/c1-15-11-5-3-2-4-10(11)13-12(14)9-6-7-16-8-9/h2-8H,1H3,(H,13,14). The molecule has 2 nitrogen and oxygen atoms in total. The van der Waals surface area contributed by atoms with Crippen LogP contribution in [0.5, 0.6) is 0 Å². The molecule has 1 aromatic carbocycles. The molecule has 0 unspecified atom stereocenters. The van der Waals surface area contributed by atoms with Crippen LogP contribution in [-0.2, 0) is 0 Å². The summed E-state index contributed by atoms with van der Waals surface area (Å²) in [6, 6.07) is 9.61. The van der Waals surface area contributed by atoms with Crippen molar-refractivity contribution in [3.63, 3.8) is 0 Å². The number of thioether (sulfide) groups is 1. The fraction of sp³-hybridized carbons (Fsp3) is 0.0833. The number of hydrogen-bond donors (Lipinski definition) is 1. The van der Waals surface area contributed by atoms with Gasteiger partial charge in [-0.05, 0) is 29.8 Å². The van der Waals surface area contributed by atoms with Crippen LogP contribution < -0.4 is 5.32 Å². The predicted molar refractivity (Wildman–Crippen MR) is 70.5 cm³/mol. The number of hydrogen-bond acceptors (Lipinski definition) is 3. The molecule has 0 saturated carbocycles. The summed E-state index contributed by atoms with van der Waals surface area (Å²) in [4.78, 5) is 12.9. The molecule has 0 aliphatic carbocycles. The van der Waals surface area contributed by atoms with Crippen LogP contribution in [-0.4, -0.2) is 12.2 Å². The average Bonchev–Trinajstić information content (AvgIpc) is 2.83. The second kappa shape index (κ2) is 5.18. The summed E-state index contributed by atoms with van der Waals surface area (Å²) < 4.78 is 0. The van der Waals surface area contributed by atoms with Crippen LogP contribution >= 0.6 is 23.1 Å². The molecule has 0 fully saturated rings. The predicted octanol–water partition coefficient (Wildman–Crippen LogP) is 3.72. The van der Waals surface area contributed by atoms with E-state index in [1.807, 2.05) is 47.3 Å². The lowest BCUT2D eigenvalue weighted by Crippen LogP contribution is -2.11. The Labute approximate surface area is 103 Å². The van der Waals surface area contributed by atoms with Crippen molar-refractivity contribution in [2.45, 2.75) is 4.90 Å². The van der Waals surface area contributed by atoms with E-state index < -0.39 is 0 Å². The highest BCUT2D eigenvalue weighted by Gasteiger charge is 2.08. The minimum absolute atomic E-state index is 0.0530. The lowest BCUT2D eigenvalue weighted by molar-refractivity contribution is 0.102. The molecule has 0 bridgehead atoms. The Balaban J connectivity index is 2.18. The Morgan fingerprint density at radius 3 is 2.81 bits per heavy atom. The Kier molecular flexibility index (Phi) is 3.64. The van der Waals surface area contributed by atoms with E-state index in [1.165, 1.54) is 11.3 Å². The van der Waals surface area contributed by atoms with Crippen molar-refractivity contribution in [3.8, 4) is 0 Å². The first kappa shape index (κ1) is 11.2. The Morgan fingerprint density at radius 2 is 2.12 bits per heavy atom. The highest BCUT2D eigenvalue weighted by Crippen LogP contribution is 2.25. The molecule has 2 rings (SSSR count). The fourth-order valence-electron chi connectivity index (χ4n) is 1.34. The summed E-state index contributed by atoms with van der Waals surface area (Å²) in [6.45, 7) is 0. The Bertz CT molecular complexity index is 480. The first-order valence-corrected chi connectivity index (χ1v) is 6.94. The number of benzene rings is 1. The molecule has 4 heteroatoms. The van der Waals surface area contributed by atoms with Crippen molar-refractivity contribution >= 4 is 34.7 Å². The summed E-state index contributed by atoms with van der Waals surface area (Å²) in [5, 5.41) is 6.65. The zero-order chi connectivity index (χ0) is 11.4. The lowest BCUT2D eigenvalue weighted by atomic mass is 10.3. The van der Waals surface area contributed by atoms with Gasteiger partial charge in [0.1, 0.15) is 0 Å². The van der Waals surface area contributed by atoms with Gasteiger partial charge in [-0.15, -0.1) is 11.8 Å². The van der Waals surface area contributed by atoms with E-state index in [0.29, 0.717) is 5.56 Å². The maximum absolute atomic E-state index is 11.8. The van der Waals surface area contributed by atoms with E-state index in [1.54, 1.807) is 11.8 Å². The van der Waals surface area contributed by atoms with E-state index in [9.17, 15) is 4.79 Å². The second-order valence-electron chi connectivity index (χ2n) is 3.17. The third-order valence-corrected chi connectivity index (χ3v) is 3.62. The highest BCUT2D eigenvalue weighted by molar-refractivity contribution is 7.98. The molecule has 1 heterocycles. The minimum atomic E-state index is -0.0530. The van der Waals surface area contributed by atoms with Gasteiger partial charge < -0.3 is 5.32 Å². The van der Waals surface area contributed by atoms with Gasteiger partial charge in [0, 0.05) is 10.3 Å². The molecule has 0 atom stereocenters. The third-order valence-electron chi connectivity index (χ3n) is 2.14. The third kappa shape index (κ3) is 2.46. The van der Waals surface area contributed by atoms with Crippen molar-refractivity contribution in [3.05, 3.63) is 46.7 Å². The zero-order valence-corrected chi connectivity index (χ0v) is 10.4. The van der Waals surface area contributed by atoms with Crippen LogP contribution in [0.1, 0.15) is 10.4 Å². The first-order valence-electron chi connectivity index (χ1n) is 4.78. The molecule has 16 heavy (non-hydrogen) atoms. The molecule has 0 saturated heterocycles. The van der Waals surface area contributed by atoms with Gasteiger partial charge in [-0.3, -0.25) is 4.79 Å². The fourth-order valence-corrected chi connectivity index (χ4v) is 2.53. The van der Waals surface area contributed by atoms with Crippen LogP contribution in [0.15, 0.2) is 46.0 Å². The van der Waals surface area contributed by atoms with Gasteiger partial charge in [0.15, 0.2) is 0 Å². The average molecular weight is 249 g/mol. The molecule has 0 radical (unpaired) electrons. The van der Waals surface area contributed by atoms with Crippen LogP contribution in [0.25, 0.3) is 0 Å². The van der Waals surface area contributed by atoms with Gasteiger partial charge in [-0.1, -0.05) is 12.1 Å². The summed E-state index contributed by atoms with van der Waals surface area (Å²) in [7, 11) is 0. The SMILES string of the molecule is CSc1ccccc1NC(=O)c1ccsc1. The normalized spacial score (nSPS) is 10.1. The first-order chi connectivity index (χ1) is 7.81. The number of amides is 1. The van der Waals surface area contributed by atoms with E-state index >= 15 is 0 Å². The highest BCUT2D eigenvalue weighted by atomic mass is 32.2. The molecule has 0 aliphatic heterocycles. The molecule has 0 spiro atoms. The molecule has 82 valence electrons. The molecular weight excluding hydrogens is 238 g/mol. The van der Waals surface area contributed by atoms with Crippen LogP contribution in [0.4, 0.5) is 5.69 Å². The summed E-state index contributed by atoms with van der Waals surface area (Å²) in [5.74, 6) is -0.0530. The second-order valence-corrected chi connectivity index (χ2v) is 4.79. The van der Waals surface area contributed by atoms with Crippen LogP contribution in [0, 0.1) is 0 Å². The molecule has 2 aromatic rings. The number of thiophene rings is 1. The molecule has 0 aliphatic rings. The van der Waals surface area contributed by atoms with E-state index in [-0.39, 0.29) is 5.91 Å². The largest absolute Gasteiger partial charge is 0.321 e. The summed E-state index contributed by atoms with van der Waals surface area (Å²) in [5.41, 5.74) is 1.58. The lowest BCUT2D eigenvalue weighted by Gasteiger charge is -2.07. The Hall–Kier alpha value is -1.26. The topological polar surface area (TPSA) is 29.1 Å². The summed E-state index contributed by atoms with van der Waals surface area (Å²) in [6.07, 6.45) is 2.00. The quantitative estimate of drug-likeness (QED) is 0.840. The molecular formula is C12H11NOS2. The van der Waals surface area contributed by atoms with Crippen LogP contribution in [0.2, 0.25) is 0 Å². The minimum Gasteiger partial charge on any atom is -0.321 e. The van der Waals surface area contributed by atoms with Gasteiger partial charge >= 0.3 is 0 Å².